The summed E-state index contributed by atoms with van der Waals surface area (Å²) in [5, 5.41) is 3.45. The molecule has 4 nitrogen and oxygen atoms in total. The summed E-state index contributed by atoms with van der Waals surface area (Å²) in [6.07, 6.45) is 3.26. The Morgan fingerprint density at radius 1 is 1.00 bits per heavy atom. The molecule has 0 unspecified atom stereocenters. The van der Waals surface area contributed by atoms with Gasteiger partial charge in [0.2, 0.25) is 11.8 Å². The smallest absolute Gasteiger partial charge is 0.248 e. The number of carbonyl (C=O) groups excluding carboxylic acids is 1. The molecule has 27 heavy (non-hydrogen) atoms. The van der Waals surface area contributed by atoms with E-state index in [2.05, 4.69) is 10.3 Å². The summed E-state index contributed by atoms with van der Waals surface area (Å²) in [5.74, 6) is 0.271. The number of nitrogens with one attached hydrogen (secondary N) is 1. The first kappa shape index (κ1) is 17.1. The van der Waals surface area contributed by atoms with Gasteiger partial charge in [-0.2, -0.15) is 0 Å². The number of fused-ring (bicyclic) bond motifs is 1. The summed E-state index contributed by atoms with van der Waals surface area (Å²) < 4.78 is 5.82. The average Bonchev–Trinajstić information content (AvgIpc) is 3.11. The van der Waals surface area contributed by atoms with Crippen LogP contribution >= 0.6 is 11.6 Å². The minimum atomic E-state index is -0.215. The summed E-state index contributed by atoms with van der Waals surface area (Å²) in [7, 11) is 0. The number of aromatic nitrogens is 1. The number of amides is 1. The zero-order valence-electron chi connectivity index (χ0n) is 14.2. The number of carbonyl (C=O) groups is 1. The Labute approximate surface area is 161 Å². The van der Waals surface area contributed by atoms with Crippen molar-refractivity contribution in [2.75, 3.05) is 5.32 Å². The number of halogens is 1. The van der Waals surface area contributed by atoms with Crippen LogP contribution in [0.2, 0.25) is 5.02 Å². The normalized spacial score (nSPS) is 11.1. The second kappa shape index (κ2) is 7.48. The van der Waals surface area contributed by atoms with Gasteiger partial charge in [-0.1, -0.05) is 48.0 Å². The van der Waals surface area contributed by atoms with Gasteiger partial charge in [0.05, 0.1) is 0 Å². The molecule has 0 aliphatic heterocycles. The van der Waals surface area contributed by atoms with E-state index in [9.17, 15) is 4.79 Å². The lowest BCUT2D eigenvalue weighted by atomic mass is 10.2. The molecule has 0 spiro atoms. The number of nitrogens with zero attached hydrogens (tertiary/aromatic N) is 1. The molecule has 1 N–H and O–H groups in total. The van der Waals surface area contributed by atoms with Crippen molar-refractivity contribution in [2.45, 2.75) is 0 Å². The average molecular weight is 375 g/mol. The van der Waals surface area contributed by atoms with E-state index in [4.69, 9.17) is 16.0 Å². The van der Waals surface area contributed by atoms with Crippen molar-refractivity contribution in [2.24, 2.45) is 0 Å². The molecule has 0 bridgehead atoms. The van der Waals surface area contributed by atoms with Crippen LogP contribution in [0.15, 0.2) is 83.3 Å². The number of hydrogen-bond acceptors (Lipinski definition) is 3. The van der Waals surface area contributed by atoms with Crippen LogP contribution in [-0.2, 0) is 4.79 Å². The first-order valence-electron chi connectivity index (χ1n) is 8.38. The van der Waals surface area contributed by atoms with E-state index in [-0.39, 0.29) is 5.91 Å². The van der Waals surface area contributed by atoms with Gasteiger partial charge < -0.3 is 9.73 Å². The first-order chi connectivity index (χ1) is 13.2. The van der Waals surface area contributed by atoms with Gasteiger partial charge in [0, 0.05) is 28.4 Å². The highest BCUT2D eigenvalue weighted by molar-refractivity contribution is 6.30. The summed E-state index contributed by atoms with van der Waals surface area (Å²) >= 11 is 6.03. The van der Waals surface area contributed by atoms with E-state index < -0.39 is 0 Å². The molecule has 0 saturated heterocycles. The van der Waals surface area contributed by atoms with Crippen LogP contribution in [0.1, 0.15) is 5.56 Å². The molecule has 1 aromatic heterocycles. The predicted molar refractivity (Wildman–Crippen MR) is 109 cm³/mol. The fourth-order valence-electron chi connectivity index (χ4n) is 2.67. The van der Waals surface area contributed by atoms with Crippen LogP contribution in [0.4, 0.5) is 5.69 Å². The van der Waals surface area contributed by atoms with E-state index >= 15 is 0 Å². The monoisotopic (exact) mass is 374 g/mol. The zero-order valence-corrected chi connectivity index (χ0v) is 15.0. The molecule has 0 aliphatic carbocycles. The first-order valence-corrected chi connectivity index (χ1v) is 8.76. The van der Waals surface area contributed by atoms with Crippen LogP contribution in [0, 0.1) is 0 Å². The third kappa shape index (κ3) is 4.07. The topological polar surface area (TPSA) is 55.1 Å². The molecule has 1 heterocycles. The van der Waals surface area contributed by atoms with Crippen LogP contribution < -0.4 is 5.32 Å². The van der Waals surface area contributed by atoms with Gasteiger partial charge in [-0.3, -0.25) is 4.79 Å². The quantitative estimate of drug-likeness (QED) is 0.459. The molecular formula is C22H15ClN2O2. The van der Waals surface area contributed by atoms with Crippen molar-refractivity contribution in [3.05, 3.63) is 89.5 Å². The fourth-order valence-corrected chi connectivity index (χ4v) is 2.86. The van der Waals surface area contributed by atoms with E-state index in [1.54, 1.807) is 30.3 Å². The number of rotatable bonds is 4. The van der Waals surface area contributed by atoms with Crippen LogP contribution in [-0.4, -0.2) is 10.9 Å². The maximum atomic E-state index is 12.1. The van der Waals surface area contributed by atoms with Crippen molar-refractivity contribution in [3.63, 3.8) is 0 Å². The second-order valence-electron chi connectivity index (χ2n) is 5.95. The summed E-state index contributed by atoms with van der Waals surface area (Å²) in [6.45, 7) is 0. The van der Waals surface area contributed by atoms with Gasteiger partial charge in [-0.15, -0.1) is 0 Å². The highest BCUT2D eigenvalue weighted by atomic mass is 35.5. The van der Waals surface area contributed by atoms with E-state index in [0.29, 0.717) is 27.7 Å². The number of anilines is 1. The largest absolute Gasteiger partial charge is 0.436 e. The number of oxazole rings is 1. The van der Waals surface area contributed by atoms with Crippen LogP contribution in [0.5, 0.6) is 0 Å². The minimum Gasteiger partial charge on any atom is -0.436 e. The Morgan fingerprint density at radius 2 is 1.85 bits per heavy atom. The van der Waals surface area contributed by atoms with Gasteiger partial charge >= 0.3 is 0 Å². The van der Waals surface area contributed by atoms with Gasteiger partial charge in [-0.25, -0.2) is 4.98 Å². The highest BCUT2D eigenvalue weighted by Crippen LogP contribution is 2.27. The lowest BCUT2D eigenvalue weighted by Crippen LogP contribution is -2.07. The molecule has 4 rings (SSSR count). The fraction of sp³-hybridized carbons (Fsp3) is 0. The van der Waals surface area contributed by atoms with Gasteiger partial charge in [0.15, 0.2) is 5.58 Å². The Morgan fingerprint density at radius 3 is 2.67 bits per heavy atom. The van der Waals surface area contributed by atoms with Crippen molar-refractivity contribution in [1.82, 2.24) is 4.98 Å². The second-order valence-corrected chi connectivity index (χ2v) is 6.38. The Balaban J connectivity index is 1.53. The molecule has 0 radical (unpaired) electrons. The third-order valence-corrected chi connectivity index (χ3v) is 4.19. The predicted octanol–water partition coefficient (Wildman–Crippen LogP) is 5.80. The molecule has 4 aromatic rings. The van der Waals surface area contributed by atoms with Gasteiger partial charge in [0.1, 0.15) is 5.52 Å². The van der Waals surface area contributed by atoms with Crippen molar-refractivity contribution in [3.8, 4) is 11.5 Å². The number of benzene rings is 3. The molecular weight excluding hydrogens is 360 g/mol. The van der Waals surface area contributed by atoms with Crippen molar-refractivity contribution >= 4 is 40.4 Å². The molecule has 3 aromatic carbocycles. The third-order valence-electron chi connectivity index (χ3n) is 3.95. The number of hydrogen-bond donors (Lipinski definition) is 1. The van der Waals surface area contributed by atoms with Gasteiger partial charge in [-0.05, 0) is 42.0 Å². The maximum Gasteiger partial charge on any atom is 0.248 e. The van der Waals surface area contributed by atoms with Crippen molar-refractivity contribution < 1.29 is 9.21 Å². The van der Waals surface area contributed by atoms with E-state index in [1.165, 1.54) is 6.08 Å². The summed E-state index contributed by atoms with van der Waals surface area (Å²) in [5.41, 5.74) is 3.70. The van der Waals surface area contributed by atoms with Crippen molar-refractivity contribution in [1.29, 1.82) is 0 Å². The SMILES string of the molecule is O=C(/C=C/c1ccccc1)Nc1ccc2nc(-c3cccc(Cl)c3)oc2c1. The molecule has 0 saturated carbocycles. The Kier molecular flexibility index (Phi) is 4.73. The standard InChI is InChI=1S/C22H15ClN2O2/c23-17-8-4-7-16(13-17)22-25-19-11-10-18(14-20(19)27-22)24-21(26)12-9-15-5-2-1-3-6-15/h1-14H,(H,24,26)/b12-9+. The molecule has 0 aliphatic rings. The van der Waals surface area contributed by atoms with Crippen LogP contribution in [0.3, 0.4) is 0 Å². The van der Waals surface area contributed by atoms with E-state index in [1.807, 2.05) is 48.5 Å². The summed E-state index contributed by atoms with van der Waals surface area (Å²) in [6, 6.07) is 22.3. The molecule has 5 heteroatoms. The lowest BCUT2D eigenvalue weighted by Gasteiger charge is -2.01. The lowest BCUT2D eigenvalue weighted by molar-refractivity contribution is -0.111. The Bertz CT molecular complexity index is 1130. The minimum absolute atomic E-state index is 0.215. The summed E-state index contributed by atoms with van der Waals surface area (Å²) in [4.78, 5) is 16.6. The Hall–Kier alpha value is -3.37. The van der Waals surface area contributed by atoms with Crippen LogP contribution in [0.25, 0.3) is 28.6 Å². The molecule has 132 valence electrons. The highest BCUT2D eigenvalue weighted by Gasteiger charge is 2.10. The zero-order chi connectivity index (χ0) is 18.6. The van der Waals surface area contributed by atoms with E-state index in [0.717, 1.165) is 11.1 Å². The maximum absolute atomic E-state index is 12.1. The molecule has 0 fully saturated rings. The van der Waals surface area contributed by atoms with Gasteiger partial charge in [0.25, 0.3) is 0 Å². The molecule has 1 amide bonds. The molecule has 0 atom stereocenters.